The summed E-state index contributed by atoms with van der Waals surface area (Å²) >= 11 is 0. The largest absolute Gasteiger partial charge is 0.481 e. The number of para-hydroxylation sites is 1. The molecule has 5 heteroatoms. The van der Waals surface area contributed by atoms with E-state index in [0.717, 1.165) is 44.0 Å². The van der Waals surface area contributed by atoms with E-state index in [1.54, 1.807) is 6.92 Å². The van der Waals surface area contributed by atoms with Gasteiger partial charge in [0, 0.05) is 37.6 Å². The van der Waals surface area contributed by atoms with Crippen molar-refractivity contribution in [3.63, 3.8) is 0 Å². The van der Waals surface area contributed by atoms with Crippen molar-refractivity contribution in [1.29, 1.82) is 0 Å². The smallest absolute Gasteiger partial charge is 0.265 e. The second-order valence-electron chi connectivity index (χ2n) is 6.98. The highest BCUT2D eigenvalue weighted by Gasteiger charge is 2.18. The molecule has 144 valence electrons. The van der Waals surface area contributed by atoms with Crippen molar-refractivity contribution >= 4 is 17.3 Å². The summed E-state index contributed by atoms with van der Waals surface area (Å²) in [5, 5.41) is 2.99. The predicted molar refractivity (Wildman–Crippen MR) is 111 cm³/mol. The first-order chi connectivity index (χ1) is 13.1. The van der Waals surface area contributed by atoms with Gasteiger partial charge in [-0.3, -0.25) is 4.79 Å². The zero-order valence-corrected chi connectivity index (χ0v) is 16.4. The normalized spacial score (nSPS) is 16.0. The molecule has 1 amide bonds. The highest BCUT2D eigenvalue weighted by Crippen LogP contribution is 2.24. The number of piperazine rings is 1. The third kappa shape index (κ3) is 5.01. The average molecular weight is 367 g/mol. The number of ether oxygens (including phenoxy) is 1. The van der Waals surface area contributed by atoms with Gasteiger partial charge >= 0.3 is 0 Å². The molecule has 1 fully saturated rings. The molecule has 0 radical (unpaired) electrons. The number of anilines is 2. The van der Waals surface area contributed by atoms with E-state index in [4.69, 9.17) is 4.74 Å². The van der Waals surface area contributed by atoms with Crippen LogP contribution in [0.3, 0.4) is 0 Å². The first kappa shape index (κ1) is 19.2. The number of amides is 1. The highest BCUT2D eigenvalue weighted by atomic mass is 16.5. The Balaban J connectivity index is 1.59. The quantitative estimate of drug-likeness (QED) is 0.848. The van der Waals surface area contributed by atoms with Crippen LogP contribution in [0.25, 0.3) is 0 Å². The Morgan fingerprint density at radius 3 is 2.44 bits per heavy atom. The fraction of sp³-hybridized carbons (Fsp3) is 0.409. The first-order valence-corrected chi connectivity index (χ1v) is 9.67. The van der Waals surface area contributed by atoms with Crippen molar-refractivity contribution < 1.29 is 9.53 Å². The fourth-order valence-electron chi connectivity index (χ4n) is 3.30. The monoisotopic (exact) mass is 367 g/mol. The van der Waals surface area contributed by atoms with Gasteiger partial charge in [0.2, 0.25) is 0 Å². The van der Waals surface area contributed by atoms with Crippen LogP contribution in [0, 0.1) is 6.92 Å². The maximum Gasteiger partial charge on any atom is 0.265 e. The zero-order chi connectivity index (χ0) is 19.2. The summed E-state index contributed by atoms with van der Waals surface area (Å²) in [7, 11) is 0. The van der Waals surface area contributed by atoms with E-state index in [9.17, 15) is 4.79 Å². The number of rotatable bonds is 6. The lowest BCUT2D eigenvalue weighted by Crippen LogP contribution is -2.46. The molecule has 0 spiro atoms. The van der Waals surface area contributed by atoms with E-state index < -0.39 is 6.10 Å². The van der Waals surface area contributed by atoms with Gasteiger partial charge in [-0.25, -0.2) is 0 Å². The Hall–Kier alpha value is -2.53. The minimum Gasteiger partial charge on any atom is -0.481 e. The molecule has 5 nitrogen and oxygen atoms in total. The van der Waals surface area contributed by atoms with Gasteiger partial charge in [-0.1, -0.05) is 25.1 Å². The van der Waals surface area contributed by atoms with Gasteiger partial charge in [-0.05, 0) is 56.3 Å². The van der Waals surface area contributed by atoms with Crippen LogP contribution in [0.15, 0.2) is 48.5 Å². The number of hydrogen-bond acceptors (Lipinski definition) is 4. The number of aryl methyl sites for hydroxylation is 1. The lowest BCUT2D eigenvalue weighted by molar-refractivity contribution is -0.122. The van der Waals surface area contributed by atoms with Crippen molar-refractivity contribution in [3.05, 3.63) is 54.1 Å². The van der Waals surface area contributed by atoms with Crippen molar-refractivity contribution in [3.8, 4) is 5.75 Å². The average Bonchev–Trinajstić information content (AvgIpc) is 2.70. The molecule has 1 aliphatic rings. The van der Waals surface area contributed by atoms with E-state index in [-0.39, 0.29) is 5.91 Å². The molecule has 1 N–H and O–H groups in total. The van der Waals surface area contributed by atoms with Crippen LogP contribution in [-0.4, -0.2) is 49.6 Å². The topological polar surface area (TPSA) is 44.8 Å². The van der Waals surface area contributed by atoms with Crippen LogP contribution in [0.2, 0.25) is 0 Å². The molecule has 2 aromatic rings. The molecular weight excluding hydrogens is 338 g/mol. The molecule has 0 saturated carbocycles. The molecule has 1 saturated heterocycles. The standard InChI is InChI=1S/C22H29N3O2/c1-4-24-12-14-25(15-13-24)19-10-11-21(17(2)16-19)23-22(26)18(3)27-20-8-6-5-7-9-20/h5-11,16,18H,4,12-15H2,1-3H3,(H,23,26). The van der Waals surface area contributed by atoms with Crippen LogP contribution in [0.1, 0.15) is 19.4 Å². The Kier molecular flexibility index (Phi) is 6.35. The Bertz CT molecular complexity index is 755. The lowest BCUT2D eigenvalue weighted by Gasteiger charge is -2.35. The predicted octanol–water partition coefficient (Wildman–Crippen LogP) is 3.54. The van der Waals surface area contributed by atoms with Crippen LogP contribution >= 0.6 is 0 Å². The highest BCUT2D eigenvalue weighted by molar-refractivity contribution is 5.95. The van der Waals surface area contributed by atoms with Crippen molar-refractivity contribution in [1.82, 2.24) is 4.90 Å². The van der Waals surface area contributed by atoms with Crippen LogP contribution < -0.4 is 15.0 Å². The molecule has 1 aliphatic heterocycles. The second-order valence-corrected chi connectivity index (χ2v) is 6.98. The van der Waals surface area contributed by atoms with Gasteiger partial charge in [-0.2, -0.15) is 0 Å². The minimum absolute atomic E-state index is 0.147. The summed E-state index contributed by atoms with van der Waals surface area (Å²) in [5.41, 5.74) is 3.11. The van der Waals surface area contributed by atoms with E-state index in [0.29, 0.717) is 5.75 Å². The summed E-state index contributed by atoms with van der Waals surface area (Å²) in [6.45, 7) is 11.4. The molecule has 0 aromatic heterocycles. The van der Waals surface area contributed by atoms with E-state index in [2.05, 4.69) is 34.2 Å². The molecule has 0 aliphatic carbocycles. The minimum atomic E-state index is -0.561. The third-order valence-corrected chi connectivity index (χ3v) is 5.08. The van der Waals surface area contributed by atoms with Gasteiger partial charge < -0.3 is 19.9 Å². The van der Waals surface area contributed by atoms with Crippen molar-refractivity contribution in [2.45, 2.75) is 26.9 Å². The Labute approximate surface area is 161 Å². The Morgan fingerprint density at radius 1 is 1.11 bits per heavy atom. The van der Waals surface area contributed by atoms with Gasteiger partial charge in [0.05, 0.1) is 0 Å². The van der Waals surface area contributed by atoms with Crippen LogP contribution in [-0.2, 0) is 4.79 Å². The number of nitrogens with zero attached hydrogens (tertiary/aromatic N) is 2. The molecule has 1 unspecified atom stereocenters. The Morgan fingerprint density at radius 2 is 1.81 bits per heavy atom. The van der Waals surface area contributed by atoms with Gasteiger partial charge in [-0.15, -0.1) is 0 Å². The molecule has 1 heterocycles. The number of carbonyl (C=O) groups is 1. The zero-order valence-electron chi connectivity index (χ0n) is 16.4. The molecular formula is C22H29N3O2. The summed E-state index contributed by atoms with van der Waals surface area (Å²) in [4.78, 5) is 17.3. The van der Waals surface area contributed by atoms with Crippen LogP contribution in [0.5, 0.6) is 5.75 Å². The van der Waals surface area contributed by atoms with Crippen LogP contribution in [0.4, 0.5) is 11.4 Å². The third-order valence-electron chi connectivity index (χ3n) is 5.08. The van der Waals surface area contributed by atoms with Gasteiger partial charge in [0.25, 0.3) is 5.91 Å². The summed E-state index contributed by atoms with van der Waals surface area (Å²) in [6.07, 6.45) is -0.561. The van der Waals surface area contributed by atoms with Gasteiger partial charge in [0.15, 0.2) is 6.10 Å². The number of likely N-dealkylation sites (N-methyl/N-ethyl adjacent to an activating group) is 1. The first-order valence-electron chi connectivity index (χ1n) is 9.67. The maximum absolute atomic E-state index is 12.5. The molecule has 2 aromatic carbocycles. The van der Waals surface area contributed by atoms with Crippen molar-refractivity contribution in [2.75, 3.05) is 42.9 Å². The number of hydrogen-bond donors (Lipinski definition) is 1. The maximum atomic E-state index is 12.5. The molecule has 0 bridgehead atoms. The summed E-state index contributed by atoms with van der Waals surface area (Å²) in [6, 6.07) is 15.6. The molecule has 3 rings (SSSR count). The fourth-order valence-corrected chi connectivity index (χ4v) is 3.30. The van der Waals surface area contributed by atoms with E-state index >= 15 is 0 Å². The molecule has 27 heavy (non-hydrogen) atoms. The number of nitrogens with one attached hydrogen (secondary N) is 1. The van der Waals surface area contributed by atoms with Gasteiger partial charge in [0.1, 0.15) is 5.75 Å². The summed E-state index contributed by atoms with van der Waals surface area (Å²) in [5.74, 6) is 0.546. The lowest BCUT2D eigenvalue weighted by atomic mass is 10.1. The SMILES string of the molecule is CCN1CCN(c2ccc(NC(=O)C(C)Oc3ccccc3)c(C)c2)CC1. The number of benzene rings is 2. The molecule has 1 atom stereocenters. The summed E-state index contributed by atoms with van der Waals surface area (Å²) < 4.78 is 5.70. The second kappa shape index (κ2) is 8.91. The van der Waals surface area contributed by atoms with E-state index in [1.807, 2.05) is 43.3 Å². The van der Waals surface area contributed by atoms with Crippen molar-refractivity contribution in [2.24, 2.45) is 0 Å². The number of carbonyl (C=O) groups excluding carboxylic acids is 1. The van der Waals surface area contributed by atoms with E-state index in [1.165, 1.54) is 5.69 Å².